The first-order valence-electron chi connectivity index (χ1n) is 4.82. The minimum atomic E-state index is -0.411. The van der Waals surface area contributed by atoms with Crippen molar-refractivity contribution in [2.45, 2.75) is 38.8 Å². The number of hydrogen-bond acceptors (Lipinski definition) is 3. The molecule has 1 rings (SSSR count). The van der Waals surface area contributed by atoms with Crippen LogP contribution in [0.15, 0.2) is 0 Å². The highest BCUT2D eigenvalue weighted by molar-refractivity contribution is 5.81. The van der Waals surface area contributed by atoms with Crippen molar-refractivity contribution in [2.75, 3.05) is 6.54 Å². The first-order valence-corrected chi connectivity index (χ1v) is 4.82. The van der Waals surface area contributed by atoms with Gasteiger partial charge in [0.05, 0.1) is 6.10 Å². The van der Waals surface area contributed by atoms with Gasteiger partial charge in [-0.05, 0) is 26.7 Å². The smallest absolute Gasteiger partial charge is 0.325 e. The highest BCUT2D eigenvalue weighted by Crippen LogP contribution is 2.18. The quantitative estimate of drug-likeness (QED) is 0.645. The van der Waals surface area contributed by atoms with Crippen LogP contribution in [-0.4, -0.2) is 30.7 Å². The van der Waals surface area contributed by atoms with Crippen molar-refractivity contribution in [3.8, 4) is 0 Å². The highest BCUT2D eigenvalue weighted by atomic mass is 16.5. The van der Waals surface area contributed by atoms with Crippen LogP contribution in [0.1, 0.15) is 26.7 Å². The molecule has 1 fully saturated rings. The minimum Gasteiger partial charge on any atom is -0.462 e. The number of carbonyl (C=O) groups is 2. The summed E-state index contributed by atoms with van der Waals surface area (Å²) in [6, 6.07) is 0.00400. The first kappa shape index (κ1) is 10.8. The Morgan fingerprint density at radius 1 is 1.43 bits per heavy atom. The summed E-state index contributed by atoms with van der Waals surface area (Å²) in [4.78, 5) is 22.0. The van der Waals surface area contributed by atoms with E-state index in [1.165, 1.54) is 0 Å². The second-order valence-electron chi connectivity index (χ2n) is 3.64. The molecular weight excluding hydrogens is 184 g/mol. The van der Waals surface area contributed by atoms with Crippen LogP contribution in [0.25, 0.3) is 0 Å². The van der Waals surface area contributed by atoms with Crippen LogP contribution in [0.3, 0.4) is 0 Å². The maximum absolute atomic E-state index is 11.1. The topological polar surface area (TPSA) is 67.4 Å². The molecule has 0 unspecified atom stereocenters. The number of ether oxygens (including phenoxy) is 1. The van der Waals surface area contributed by atoms with E-state index in [0.29, 0.717) is 6.04 Å². The molecule has 1 aliphatic rings. The fraction of sp³-hybridized carbons (Fsp3) is 0.778. The Labute approximate surface area is 83.2 Å². The predicted molar refractivity (Wildman–Crippen MR) is 50.8 cm³/mol. The molecule has 2 amide bonds. The maximum atomic E-state index is 11.1. The van der Waals surface area contributed by atoms with Crippen molar-refractivity contribution in [3.05, 3.63) is 0 Å². The van der Waals surface area contributed by atoms with Gasteiger partial charge >= 0.3 is 12.0 Å². The Balaban J connectivity index is 2.06. The summed E-state index contributed by atoms with van der Waals surface area (Å²) in [6.45, 7) is 3.46. The lowest BCUT2D eigenvalue weighted by Gasteiger charge is -2.09. The van der Waals surface area contributed by atoms with Crippen molar-refractivity contribution in [1.82, 2.24) is 10.6 Å². The summed E-state index contributed by atoms with van der Waals surface area (Å²) >= 11 is 0. The molecule has 0 radical (unpaired) electrons. The number of urea groups is 1. The van der Waals surface area contributed by atoms with Gasteiger partial charge in [0, 0.05) is 6.04 Å². The summed E-state index contributed by atoms with van der Waals surface area (Å²) in [6.07, 6.45) is 1.92. The van der Waals surface area contributed by atoms with E-state index in [-0.39, 0.29) is 18.7 Å². The number of rotatable bonds is 4. The van der Waals surface area contributed by atoms with Crippen molar-refractivity contribution in [1.29, 1.82) is 0 Å². The molecule has 0 aromatic heterocycles. The summed E-state index contributed by atoms with van der Waals surface area (Å²) in [7, 11) is 0. The van der Waals surface area contributed by atoms with Crippen LogP contribution in [0, 0.1) is 0 Å². The maximum Gasteiger partial charge on any atom is 0.325 e. The van der Waals surface area contributed by atoms with E-state index >= 15 is 0 Å². The van der Waals surface area contributed by atoms with Gasteiger partial charge in [0.25, 0.3) is 0 Å². The van der Waals surface area contributed by atoms with E-state index in [2.05, 4.69) is 10.6 Å². The molecule has 2 N–H and O–H groups in total. The van der Waals surface area contributed by atoms with E-state index < -0.39 is 5.97 Å². The minimum absolute atomic E-state index is 0.0727. The van der Waals surface area contributed by atoms with Gasteiger partial charge in [-0.1, -0.05) is 0 Å². The SMILES string of the molecule is CC(C)OC(=O)CNC(=O)NC1CC1. The second-order valence-corrected chi connectivity index (χ2v) is 3.64. The predicted octanol–water partition coefficient (Wildman–Crippen LogP) is 0.400. The van der Waals surface area contributed by atoms with Gasteiger partial charge in [-0.3, -0.25) is 4.79 Å². The van der Waals surface area contributed by atoms with Crippen LogP contribution in [-0.2, 0) is 9.53 Å². The molecule has 5 heteroatoms. The zero-order valence-electron chi connectivity index (χ0n) is 8.50. The van der Waals surface area contributed by atoms with Gasteiger partial charge in [0.2, 0.25) is 0 Å². The summed E-state index contributed by atoms with van der Waals surface area (Å²) in [5, 5.41) is 5.14. The average Bonchev–Trinajstić information content (AvgIpc) is 2.83. The van der Waals surface area contributed by atoms with Crippen LogP contribution >= 0.6 is 0 Å². The van der Waals surface area contributed by atoms with Crippen molar-refractivity contribution < 1.29 is 14.3 Å². The van der Waals surface area contributed by atoms with Crippen LogP contribution in [0.2, 0.25) is 0 Å². The first-order chi connectivity index (χ1) is 6.58. The lowest BCUT2D eigenvalue weighted by atomic mass is 10.5. The van der Waals surface area contributed by atoms with E-state index in [1.807, 2.05) is 0 Å². The van der Waals surface area contributed by atoms with Gasteiger partial charge in [-0.15, -0.1) is 0 Å². The molecule has 0 aromatic rings. The Morgan fingerprint density at radius 2 is 2.07 bits per heavy atom. The lowest BCUT2D eigenvalue weighted by molar-refractivity contribution is -0.146. The number of hydrogen-bond donors (Lipinski definition) is 2. The molecule has 0 bridgehead atoms. The van der Waals surface area contributed by atoms with Gasteiger partial charge in [0.15, 0.2) is 0 Å². The van der Waals surface area contributed by atoms with E-state index in [1.54, 1.807) is 13.8 Å². The Hall–Kier alpha value is -1.26. The summed E-state index contributed by atoms with van der Waals surface area (Å²) in [5.74, 6) is -0.411. The normalized spacial score (nSPS) is 15.1. The Kier molecular flexibility index (Phi) is 3.73. The molecule has 14 heavy (non-hydrogen) atoms. The summed E-state index contributed by atoms with van der Waals surface area (Å²) in [5.41, 5.74) is 0. The fourth-order valence-corrected chi connectivity index (χ4v) is 0.921. The van der Waals surface area contributed by atoms with E-state index in [4.69, 9.17) is 4.74 Å². The number of amides is 2. The highest BCUT2D eigenvalue weighted by Gasteiger charge is 2.23. The second kappa shape index (κ2) is 4.83. The van der Waals surface area contributed by atoms with E-state index in [0.717, 1.165) is 12.8 Å². The van der Waals surface area contributed by atoms with E-state index in [9.17, 15) is 9.59 Å². The van der Waals surface area contributed by atoms with Gasteiger partial charge in [-0.2, -0.15) is 0 Å². The molecule has 0 aromatic carbocycles. The molecule has 0 saturated heterocycles. The number of carbonyl (C=O) groups excluding carboxylic acids is 2. The monoisotopic (exact) mass is 200 g/mol. The van der Waals surface area contributed by atoms with Crippen molar-refractivity contribution >= 4 is 12.0 Å². The summed E-state index contributed by atoms with van der Waals surface area (Å²) < 4.78 is 4.84. The third-order valence-corrected chi connectivity index (χ3v) is 1.67. The van der Waals surface area contributed by atoms with Gasteiger partial charge in [0.1, 0.15) is 6.54 Å². The zero-order chi connectivity index (χ0) is 10.6. The largest absolute Gasteiger partial charge is 0.462 e. The van der Waals surface area contributed by atoms with Crippen LogP contribution < -0.4 is 10.6 Å². The van der Waals surface area contributed by atoms with Gasteiger partial charge in [-0.25, -0.2) is 4.79 Å². The third kappa shape index (κ3) is 4.69. The molecule has 1 aliphatic carbocycles. The van der Waals surface area contributed by atoms with Crippen LogP contribution in [0.5, 0.6) is 0 Å². The van der Waals surface area contributed by atoms with Crippen molar-refractivity contribution in [2.24, 2.45) is 0 Å². The fourth-order valence-electron chi connectivity index (χ4n) is 0.921. The number of esters is 1. The third-order valence-electron chi connectivity index (χ3n) is 1.67. The standard InChI is InChI=1S/C9H16N2O3/c1-6(2)14-8(12)5-10-9(13)11-7-3-4-7/h6-7H,3-5H2,1-2H3,(H2,10,11,13). The molecule has 0 atom stereocenters. The van der Waals surface area contributed by atoms with Gasteiger partial charge < -0.3 is 15.4 Å². The molecule has 0 spiro atoms. The molecule has 80 valence electrons. The van der Waals surface area contributed by atoms with Crippen LogP contribution in [0.4, 0.5) is 4.79 Å². The molecule has 5 nitrogen and oxygen atoms in total. The average molecular weight is 200 g/mol. The molecule has 0 aliphatic heterocycles. The Morgan fingerprint density at radius 3 is 2.57 bits per heavy atom. The molecule has 1 saturated carbocycles. The zero-order valence-corrected chi connectivity index (χ0v) is 8.50. The molecular formula is C9H16N2O3. The van der Waals surface area contributed by atoms with Crippen molar-refractivity contribution in [3.63, 3.8) is 0 Å². The lowest BCUT2D eigenvalue weighted by Crippen LogP contribution is -2.40. The molecule has 0 heterocycles. The number of nitrogens with one attached hydrogen (secondary N) is 2. The Bertz CT molecular complexity index is 208.